The summed E-state index contributed by atoms with van der Waals surface area (Å²) in [6, 6.07) is 3.48. The third-order valence-electron chi connectivity index (χ3n) is 4.18. The summed E-state index contributed by atoms with van der Waals surface area (Å²) >= 11 is 6.38. The number of carboxylic acid groups (broad SMARTS) is 1. The highest BCUT2D eigenvalue weighted by Crippen LogP contribution is 2.30. The molecule has 1 aliphatic rings. The number of carboxylic acids is 1. The maximum absolute atomic E-state index is 12.4. The Labute approximate surface area is 138 Å². The lowest BCUT2D eigenvalue weighted by Crippen LogP contribution is -2.43. The lowest BCUT2D eigenvalue weighted by atomic mass is 10.1. The molecule has 0 aliphatic carbocycles. The monoisotopic (exact) mass is 335 g/mol. The van der Waals surface area contributed by atoms with Crippen LogP contribution in [-0.2, 0) is 6.54 Å². The van der Waals surface area contributed by atoms with E-state index in [4.69, 9.17) is 11.6 Å². The summed E-state index contributed by atoms with van der Waals surface area (Å²) in [5.74, 6) is -1.22. The van der Waals surface area contributed by atoms with Crippen LogP contribution in [0.5, 0.6) is 0 Å². The van der Waals surface area contributed by atoms with Crippen LogP contribution in [0.25, 0.3) is 10.9 Å². The normalized spacial score (nSPS) is 15.1. The van der Waals surface area contributed by atoms with E-state index in [1.165, 1.54) is 6.20 Å². The van der Waals surface area contributed by atoms with Gasteiger partial charge in [0.1, 0.15) is 5.56 Å². The van der Waals surface area contributed by atoms with E-state index in [1.807, 2.05) is 13.0 Å². The molecule has 1 aromatic heterocycles. The number of pyridine rings is 1. The summed E-state index contributed by atoms with van der Waals surface area (Å²) in [6.45, 7) is 5.93. The minimum Gasteiger partial charge on any atom is -0.477 e. The summed E-state index contributed by atoms with van der Waals surface area (Å²) in [5.41, 5.74) is 0.863. The zero-order valence-corrected chi connectivity index (χ0v) is 13.6. The Morgan fingerprint density at radius 3 is 2.65 bits per heavy atom. The molecule has 1 saturated heterocycles. The average Bonchev–Trinajstić information content (AvgIpc) is 2.55. The molecule has 0 amide bonds. The van der Waals surface area contributed by atoms with Crippen LogP contribution in [0.15, 0.2) is 23.1 Å². The first-order chi connectivity index (χ1) is 11.0. The number of nitrogens with one attached hydrogen (secondary N) is 1. The van der Waals surface area contributed by atoms with Gasteiger partial charge in [0.15, 0.2) is 0 Å². The molecule has 0 bridgehead atoms. The second-order valence-electron chi connectivity index (χ2n) is 5.52. The Morgan fingerprint density at radius 2 is 2.04 bits per heavy atom. The maximum Gasteiger partial charge on any atom is 0.341 e. The summed E-state index contributed by atoms with van der Waals surface area (Å²) in [6.07, 6.45) is 1.41. The van der Waals surface area contributed by atoms with Gasteiger partial charge in [0.05, 0.1) is 16.2 Å². The van der Waals surface area contributed by atoms with Crippen LogP contribution in [0.1, 0.15) is 17.3 Å². The van der Waals surface area contributed by atoms with E-state index < -0.39 is 11.4 Å². The number of hydrogen-bond donors (Lipinski definition) is 2. The smallest absolute Gasteiger partial charge is 0.341 e. The number of benzene rings is 1. The third-order valence-corrected chi connectivity index (χ3v) is 4.48. The van der Waals surface area contributed by atoms with E-state index in [9.17, 15) is 14.7 Å². The molecular weight excluding hydrogens is 318 g/mol. The topological polar surface area (TPSA) is 74.6 Å². The Balaban J connectivity index is 2.24. The number of aryl methyl sites for hydroxylation is 1. The van der Waals surface area contributed by atoms with Gasteiger partial charge in [-0.05, 0) is 19.1 Å². The minimum atomic E-state index is -1.22. The van der Waals surface area contributed by atoms with E-state index in [2.05, 4.69) is 10.2 Å². The van der Waals surface area contributed by atoms with E-state index in [0.717, 1.165) is 31.9 Å². The Hall–Kier alpha value is -2.05. The highest BCUT2D eigenvalue weighted by atomic mass is 35.5. The zero-order chi connectivity index (χ0) is 16.6. The van der Waals surface area contributed by atoms with Gasteiger partial charge in [-0.1, -0.05) is 11.6 Å². The third kappa shape index (κ3) is 2.80. The van der Waals surface area contributed by atoms with Gasteiger partial charge in [-0.2, -0.15) is 0 Å². The minimum absolute atomic E-state index is 0.231. The van der Waals surface area contributed by atoms with E-state index in [0.29, 0.717) is 22.5 Å². The molecule has 2 aromatic rings. The molecule has 0 radical (unpaired) electrons. The van der Waals surface area contributed by atoms with Gasteiger partial charge in [0.2, 0.25) is 5.43 Å². The Kier molecular flexibility index (Phi) is 4.28. The molecule has 0 atom stereocenters. The van der Waals surface area contributed by atoms with Crippen molar-refractivity contribution in [1.82, 2.24) is 9.88 Å². The predicted molar refractivity (Wildman–Crippen MR) is 90.9 cm³/mol. The molecule has 1 fully saturated rings. The quantitative estimate of drug-likeness (QED) is 0.894. The van der Waals surface area contributed by atoms with Crippen molar-refractivity contribution in [3.63, 3.8) is 0 Å². The molecule has 1 aromatic carbocycles. The van der Waals surface area contributed by atoms with Gasteiger partial charge in [0.25, 0.3) is 0 Å². The van der Waals surface area contributed by atoms with Gasteiger partial charge in [0, 0.05) is 44.3 Å². The van der Waals surface area contributed by atoms with Crippen molar-refractivity contribution in [2.45, 2.75) is 13.5 Å². The first kappa shape index (κ1) is 15.8. The van der Waals surface area contributed by atoms with Gasteiger partial charge in [-0.25, -0.2) is 4.79 Å². The summed E-state index contributed by atoms with van der Waals surface area (Å²) < 4.78 is 1.78. The van der Waals surface area contributed by atoms with Crippen molar-refractivity contribution < 1.29 is 9.90 Å². The van der Waals surface area contributed by atoms with Gasteiger partial charge < -0.3 is 19.9 Å². The predicted octanol–water partition coefficient (Wildman–Crippen LogP) is 1.78. The van der Waals surface area contributed by atoms with Crippen LogP contribution >= 0.6 is 11.6 Å². The molecule has 1 aliphatic heterocycles. The maximum atomic E-state index is 12.4. The van der Waals surface area contributed by atoms with Crippen LogP contribution < -0.4 is 15.6 Å². The number of nitrogens with zero attached hydrogens (tertiary/aromatic N) is 2. The number of hydrogen-bond acceptors (Lipinski definition) is 4. The molecule has 3 rings (SSSR count). The number of anilines is 1. The highest BCUT2D eigenvalue weighted by Gasteiger charge is 2.19. The van der Waals surface area contributed by atoms with E-state index in [-0.39, 0.29) is 5.56 Å². The van der Waals surface area contributed by atoms with Crippen LogP contribution in [0, 0.1) is 0 Å². The van der Waals surface area contributed by atoms with Crippen molar-refractivity contribution in [2.75, 3.05) is 31.1 Å². The van der Waals surface area contributed by atoms with Crippen molar-refractivity contribution in [3.05, 3.63) is 39.1 Å². The number of piperazine rings is 1. The summed E-state index contributed by atoms with van der Waals surface area (Å²) in [7, 11) is 0. The van der Waals surface area contributed by atoms with Crippen molar-refractivity contribution in [2.24, 2.45) is 0 Å². The molecule has 122 valence electrons. The zero-order valence-electron chi connectivity index (χ0n) is 12.8. The van der Waals surface area contributed by atoms with Crippen LogP contribution in [0.4, 0.5) is 5.69 Å². The van der Waals surface area contributed by atoms with Gasteiger partial charge in [-0.3, -0.25) is 4.79 Å². The molecule has 23 heavy (non-hydrogen) atoms. The standard InChI is InChI=1S/C16H18ClN3O3/c1-2-19-9-11(16(22)23)15(21)10-7-12(17)14(8-13(10)19)20-5-3-18-4-6-20/h7-9,18H,2-6H2,1H3,(H,22,23). The molecule has 0 unspecified atom stereocenters. The highest BCUT2D eigenvalue weighted by molar-refractivity contribution is 6.34. The summed E-state index contributed by atoms with van der Waals surface area (Å²) in [5, 5.41) is 13.3. The number of halogens is 1. The molecule has 0 saturated carbocycles. The summed E-state index contributed by atoms with van der Waals surface area (Å²) in [4.78, 5) is 25.8. The SMILES string of the molecule is CCn1cc(C(=O)O)c(=O)c2cc(Cl)c(N3CCNCC3)cc21. The Bertz CT molecular complexity index is 825. The molecule has 6 nitrogen and oxygen atoms in total. The Morgan fingerprint density at radius 1 is 1.35 bits per heavy atom. The largest absolute Gasteiger partial charge is 0.477 e. The van der Waals surface area contributed by atoms with Crippen molar-refractivity contribution in [3.8, 4) is 0 Å². The van der Waals surface area contributed by atoms with Crippen LogP contribution in [0.3, 0.4) is 0 Å². The number of rotatable bonds is 3. The van der Waals surface area contributed by atoms with Crippen molar-refractivity contribution >= 4 is 34.2 Å². The average molecular weight is 336 g/mol. The number of carbonyl (C=O) groups is 1. The van der Waals surface area contributed by atoms with Crippen molar-refractivity contribution in [1.29, 1.82) is 0 Å². The molecule has 7 heteroatoms. The van der Waals surface area contributed by atoms with E-state index >= 15 is 0 Å². The fraction of sp³-hybridized carbons (Fsp3) is 0.375. The number of aromatic nitrogens is 1. The molecular formula is C16H18ClN3O3. The number of fused-ring (bicyclic) bond motifs is 1. The van der Waals surface area contributed by atoms with Crippen LogP contribution in [-0.4, -0.2) is 41.8 Å². The lowest BCUT2D eigenvalue weighted by Gasteiger charge is -2.30. The fourth-order valence-electron chi connectivity index (χ4n) is 2.96. The molecule has 2 N–H and O–H groups in total. The van der Waals surface area contributed by atoms with E-state index in [1.54, 1.807) is 10.6 Å². The number of aromatic carboxylic acids is 1. The van der Waals surface area contributed by atoms with Crippen LogP contribution in [0.2, 0.25) is 5.02 Å². The molecule has 2 heterocycles. The van der Waals surface area contributed by atoms with Gasteiger partial charge in [-0.15, -0.1) is 0 Å². The second kappa shape index (κ2) is 6.22. The molecule has 0 spiro atoms. The lowest BCUT2D eigenvalue weighted by molar-refractivity contribution is 0.0695. The second-order valence-corrected chi connectivity index (χ2v) is 5.93. The fourth-order valence-corrected chi connectivity index (χ4v) is 3.24. The first-order valence-electron chi connectivity index (χ1n) is 7.58. The first-order valence-corrected chi connectivity index (χ1v) is 7.96. The van der Waals surface area contributed by atoms with Gasteiger partial charge >= 0.3 is 5.97 Å².